The van der Waals surface area contributed by atoms with E-state index in [9.17, 15) is 14.4 Å². The molecule has 0 aliphatic carbocycles. The molecule has 0 aromatic carbocycles. The Kier molecular flexibility index (Phi) is 62.3. The fraction of sp³-hybridized carbons (Fsp3) is 0.708. The van der Waals surface area contributed by atoms with Crippen LogP contribution in [0.15, 0.2) is 109 Å². The summed E-state index contributed by atoms with van der Waals surface area (Å²) in [5.74, 6) is -0.898. The molecule has 0 radical (unpaired) electrons. The molecular formula is C72H122O6. The Morgan fingerprint density at radius 2 is 0.500 bits per heavy atom. The van der Waals surface area contributed by atoms with E-state index in [1.54, 1.807) is 0 Å². The number of allylic oxidation sites excluding steroid dienone is 18. The van der Waals surface area contributed by atoms with E-state index in [4.69, 9.17) is 14.2 Å². The molecule has 0 N–H and O–H groups in total. The van der Waals surface area contributed by atoms with Crippen molar-refractivity contribution in [3.05, 3.63) is 109 Å². The summed E-state index contributed by atoms with van der Waals surface area (Å²) in [6.07, 6.45) is 89.5. The average molecular weight is 1080 g/mol. The molecule has 446 valence electrons. The van der Waals surface area contributed by atoms with Gasteiger partial charge in [-0.05, 0) is 109 Å². The third kappa shape index (κ3) is 62.9. The molecule has 0 aliphatic rings. The second kappa shape index (κ2) is 65.6. The summed E-state index contributed by atoms with van der Waals surface area (Å²) in [5.41, 5.74) is 0. The molecular weight excluding hydrogens is 961 g/mol. The van der Waals surface area contributed by atoms with Crippen LogP contribution in [0.1, 0.15) is 310 Å². The summed E-state index contributed by atoms with van der Waals surface area (Å²) < 4.78 is 16.9. The van der Waals surface area contributed by atoms with Gasteiger partial charge in [-0.15, -0.1) is 0 Å². The lowest BCUT2D eigenvalue weighted by atomic mass is 10.0. The van der Waals surface area contributed by atoms with Gasteiger partial charge in [0.1, 0.15) is 13.2 Å². The van der Waals surface area contributed by atoms with Crippen molar-refractivity contribution in [1.29, 1.82) is 0 Å². The Bertz CT molecular complexity index is 1570. The highest BCUT2D eigenvalue weighted by Crippen LogP contribution is 2.16. The fourth-order valence-electron chi connectivity index (χ4n) is 9.10. The predicted molar refractivity (Wildman–Crippen MR) is 339 cm³/mol. The van der Waals surface area contributed by atoms with Gasteiger partial charge in [0.15, 0.2) is 6.10 Å². The van der Waals surface area contributed by atoms with Crippen LogP contribution in [0.25, 0.3) is 0 Å². The smallest absolute Gasteiger partial charge is 0.306 e. The molecule has 0 fully saturated rings. The van der Waals surface area contributed by atoms with Crippen LogP contribution < -0.4 is 0 Å². The largest absolute Gasteiger partial charge is 0.462 e. The molecule has 0 saturated heterocycles. The van der Waals surface area contributed by atoms with Crippen LogP contribution in [0.5, 0.6) is 0 Å². The molecule has 0 bridgehead atoms. The maximum Gasteiger partial charge on any atom is 0.306 e. The van der Waals surface area contributed by atoms with Gasteiger partial charge in [-0.25, -0.2) is 0 Å². The summed E-state index contributed by atoms with van der Waals surface area (Å²) in [4.78, 5) is 38.3. The zero-order valence-corrected chi connectivity index (χ0v) is 51.2. The Morgan fingerprint density at radius 1 is 0.269 bits per heavy atom. The Labute approximate surface area is 482 Å². The minimum absolute atomic E-state index is 0.0835. The molecule has 6 heteroatoms. The second-order valence-electron chi connectivity index (χ2n) is 21.6. The molecule has 0 aromatic heterocycles. The molecule has 0 aliphatic heterocycles. The molecule has 1 atom stereocenters. The summed E-state index contributed by atoms with van der Waals surface area (Å²) in [5, 5.41) is 0. The molecule has 6 nitrogen and oxygen atoms in total. The number of unbranched alkanes of at least 4 members (excludes halogenated alkanes) is 30. The van der Waals surface area contributed by atoms with Crippen LogP contribution in [0.3, 0.4) is 0 Å². The van der Waals surface area contributed by atoms with Gasteiger partial charge in [-0.1, -0.05) is 291 Å². The van der Waals surface area contributed by atoms with Gasteiger partial charge in [-0.2, -0.15) is 0 Å². The molecule has 0 spiro atoms. The molecule has 0 saturated carbocycles. The number of carbonyl (C=O) groups is 3. The zero-order valence-electron chi connectivity index (χ0n) is 51.2. The third-order valence-electron chi connectivity index (χ3n) is 14.0. The van der Waals surface area contributed by atoms with Crippen molar-refractivity contribution >= 4 is 17.9 Å². The van der Waals surface area contributed by atoms with Crippen LogP contribution >= 0.6 is 0 Å². The van der Waals surface area contributed by atoms with Gasteiger partial charge in [0, 0.05) is 19.3 Å². The van der Waals surface area contributed by atoms with Gasteiger partial charge >= 0.3 is 17.9 Å². The summed E-state index contributed by atoms with van der Waals surface area (Å²) >= 11 is 0. The third-order valence-corrected chi connectivity index (χ3v) is 14.0. The van der Waals surface area contributed by atoms with Crippen molar-refractivity contribution in [3.8, 4) is 0 Å². The number of ether oxygens (including phenoxy) is 3. The lowest BCUT2D eigenvalue weighted by Crippen LogP contribution is -2.30. The maximum atomic E-state index is 12.9. The number of hydrogen-bond acceptors (Lipinski definition) is 6. The first-order valence-electron chi connectivity index (χ1n) is 32.9. The van der Waals surface area contributed by atoms with Crippen LogP contribution in [0.2, 0.25) is 0 Å². The highest BCUT2D eigenvalue weighted by molar-refractivity contribution is 5.71. The van der Waals surface area contributed by atoms with Crippen molar-refractivity contribution in [3.63, 3.8) is 0 Å². The lowest BCUT2D eigenvalue weighted by Gasteiger charge is -2.18. The van der Waals surface area contributed by atoms with E-state index in [-0.39, 0.29) is 31.1 Å². The summed E-state index contributed by atoms with van der Waals surface area (Å²) in [6, 6.07) is 0. The first kappa shape index (κ1) is 74.1. The van der Waals surface area contributed by atoms with Gasteiger partial charge in [0.25, 0.3) is 0 Å². The van der Waals surface area contributed by atoms with E-state index in [2.05, 4.69) is 130 Å². The zero-order chi connectivity index (χ0) is 56.4. The highest BCUT2D eigenvalue weighted by atomic mass is 16.6. The Hall–Kier alpha value is -3.93. The molecule has 0 heterocycles. The molecule has 78 heavy (non-hydrogen) atoms. The van der Waals surface area contributed by atoms with Crippen LogP contribution in [0, 0.1) is 0 Å². The first-order valence-corrected chi connectivity index (χ1v) is 32.9. The normalized spacial score (nSPS) is 12.8. The quantitative estimate of drug-likeness (QED) is 0.0261. The standard InChI is InChI=1S/C72H122O6/c1-4-7-10-13-16-19-22-25-28-29-30-31-32-33-34-35-36-37-38-39-40-41-42-43-45-47-50-53-56-59-62-65-71(74)77-68-69(67-76-70(73)64-61-58-55-52-49-46-27-24-21-18-15-12-9-6-3)78-72(75)66-63-60-57-54-51-48-44-26-23-20-17-14-11-8-5-2/h7,10,16,19,25-26,28,30-31,33-34,36-37,39-40,42-44,69H,4-6,8-9,11-15,17-18,20-24,27,29,32,35,38,41,45-68H2,1-3H3/b10-7-,19-16-,28-25-,31-30-,34-33-,37-36-,40-39-,43-42-,44-26-. The topological polar surface area (TPSA) is 78.9 Å². The monoisotopic (exact) mass is 1080 g/mol. The van der Waals surface area contributed by atoms with E-state index in [0.29, 0.717) is 19.3 Å². The van der Waals surface area contributed by atoms with E-state index < -0.39 is 6.10 Å². The first-order chi connectivity index (χ1) is 38.5. The highest BCUT2D eigenvalue weighted by Gasteiger charge is 2.19. The number of rotatable bonds is 59. The Morgan fingerprint density at radius 3 is 0.795 bits per heavy atom. The van der Waals surface area contributed by atoms with Crippen molar-refractivity contribution in [1.82, 2.24) is 0 Å². The minimum atomic E-state index is -0.789. The summed E-state index contributed by atoms with van der Waals surface area (Å²) in [6.45, 7) is 6.53. The van der Waals surface area contributed by atoms with Crippen molar-refractivity contribution in [2.45, 2.75) is 316 Å². The number of hydrogen-bond donors (Lipinski definition) is 0. The van der Waals surface area contributed by atoms with E-state index >= 15 is 0 Å². The van der Waals surface area contributed by atoms with Gasteiger partial charge in [-0.3, -0.25) is 14.4 Å². The predicted octanol–water partition coefficient (Wildman–Crippen LogP) is 22.6. The fourth-order valence-corrected chi connectivity index (χ4v) is 9.10. The number of esters is 3. The van der Waals surface area contributed by atoms with Gasteiger partial charge < -0.3 is 14.2 Å². The molecule has 0 amide bonds. The maximum absolute atomic E-state index is 12.9. The van der Waals surface area contributed by atoms with Gasteiger partial charge in [0.05, 0.1) is 0 Å². The molecule has 0 aromatic rings. The second-order valence-corrected chi connectivity index (χ2v) is 21.6. The van der Waals surface area contributed by atoms with Crippen LogP contribution in [0.4, 0.5) is 0 Å². The Balaban J connectivity index is 4.32. The van der Waals surface area contributed by atoms with E-state index in [1.165, 1.54) is 135 Å². The lowest BCUT2D eigenvalue weighted by molar-refractivity contribution is -0.167. The van der Waals surface area contributed by atoms with E-state index in [0.717, 1.165) is 135 Å². The van der Waals surface area contributed by atoms with Crippen molar-refractivity contribution < 1.29 is 28.6 Å². The van der Waals surface area contributed by atoms with Crippen molar-refractivity contribution in [2.75, 3.05) is 13.2 Å². The van der Waals surface area contributed by atoms with Crippen molar-refractivity contribution in [2.24, 2.45) is 0 Å². The molecule has 1 unspecified atom stereocenters. The van der Waals surface area contributed by atoms with E-state index in [1.807, 2.05) is 0 Å². The SMILES string of the molecule is CC/C=C\C/C=C\C/C=C\C/C=C\C/C=C\C/C=C\C/C=C\C/C=C\CCCCCCCCC(=O)OCC(COC(=O)CCCCCCCCCCCCCCCC)OC(=O)CCCCCCC/C=C\CCCCCCCC. The summed E-state index contributed by atoms with van der Waals surface area (Å²) in [7, 11) is 0. The minimum Gasteiger partial charge on any atom is -0.462 e. The van der Waals surface area contributed by atoms with Crippen LogP contribution in [-0.2, 0) is 28.6 Å². The number of carbonyl (C=O) groups excluding carboxylic acids is 3. The van der Waals surface area contributed by atoms with Crippen LogP contribution in [-0.4, -0.2) is 37.2 Å². The average Bonchev–Trinajstić information content (AvgIpc) is 3.44. The molecule has 0 rings (SSSR count). The van der Waals surface area contributed by atoms with Gasteiger partial charge in [0.2, 0.25) is 0 Å².